The van der Waals surface area contributed by atoms with Gasteiger partial charge < -0.3 is 13.7 Å². The van der Waals surface area contributed by atoms with Gasteiger partial charge in [-0.3, -0.25) is 0 Å². The largest absolute Gasteiger partial charge is 0.455 e. The average Bonchev–Trinajstić information content (AvgIpc) is 1.50. The van der Waals surface area contributed by atoms with Crippen LogP contribution < -0.4 is 4.90 Å². The predicted molar refractivity (Wildman–Crippen MR) is 460 cm³/mol. The molecular weight excluding hydrogens is 1320 g/mol. The Kier molecular flexibility index (Phi) is 15.4. The van der Waals surface area contributed by atoms with Crippen molar-refractivity contribution in [2.24, 2.45) is 0 Å². The Morgan fingerprint density at radius 3 is 1.31 bits per heavy atom. The second kappa shape index (κ2) is 24.9. The number of hydrogen-bond donors (Lipinski definition) is 0. The van der Waals surface area contributed by atoms with Crippen LogP contribution in [0, 0.1) is 6.92 Å². The van der Waals surface area contributed by atoms with Gasteiger partial charge in [-0.05, 0) is 232 Å². The van der Waals surface area contributed by atoms with Gasteiger partial charge in [0.15, 0.2) is 0 Å². The number of unbranched alkanes of at least 4 members (excludes halogenated alkanes) is 8. The molecule has 13 aromatic carbocycles. The van der Waals surface area contributed by atoms with E-state index in [1.54, 1.807) is 11.1 Å². The van der Waals surface area contributed by atoms with Crippen LogP contribution in [0.4, 0.5) is 17.1 Å². The Hall–Kier alpha value is -10.7. The average molecular weight is 1420 g/mol. The van der Waals surface area contributed by atoms with Crippen LogP contribution in [-0.4, -0.2) is 0 Å². The molecule has 5 aliphatic rings. The lowest BCUT2D eigenvalue weighted by atomic mass is 9.70. The minimum Gasteiger partial charge on any atom is -0.455 e. The number of fused-ring (bicyclic) bond motifs is 25. The number of hydrogen-bond acceptors (Lipinski definition) is 3. The van der Waals surface area contributed by atoms with Gasteiger partial charge in [0.05, 0.1) is 0 Å². The lowest BCUT2D eigenvalue weighted by Gasteiger charge is -2.33. The number of para-hydroxylation sites is 2. The third-order valence-corrected chi connectivity index (χ3v) is 27.3. The Morgan fingerprint density at radius 2 is 0.697 bits per heavy atom. The molecule has 0 N–H and O–H groups in total. The van der Waals surface area contributed by atoms with Gasteiger partial charge in [-0.25, -0.2) is 0 Å². The summed E-state index contributed by atoms with van der Waals surface area (Å²) in [7, 11) is 0. The standard InChI is InChI=1S/C106H97NO2/c1-12-14-16-18-30-56-106(57-31-19-17-15-13-2)84-39-27-22-34-73(84)76-53-46-68(60-89(76)106)67-45-52-75-74-51-44-66(58-85(74)102(4,5)86(75)59-67)65-42-47-69(48-43-65)107(70-49-54-78-87(61-70)103(6,7)90-63-82(72-33-21-20-32-64(72)3)100-95(93(78)90)80-36-24-28-40-91(80)108-100)71-50-55-79-88(62-71)105(10,11)99-97(79)101-96(81-37-25-29-41-92(81)109-101)94-77-35-23-26-38-83(77)104(8,9)98(94)99/h20-29,32-55,58-63H,12-19,30-31,56-57H2,1-11H3. The van der Waals surface area contributed by atoms with Gasteiger partial charge in [0.2, 0.25) is 0 Å². The minimum absolute atomic E-state index is 0.0354. The van der Waals surface area contributed by atoms with Crippen molar-refractivity contribution >= 4 is 60.9 Å². The fourth-order valence-electron chi connectivity index (χ4n) is 21.7. The van der Waals surface area contributed by atoms with Gasteiger partial charge in [0, 0.05) is 76.8 Å². The molecule has 3 nitrogen and oxygen atoms in total. The lowest BCUT2D eigenvalue weighted by Crippen LogP contribution is -2.25. The molecule has 0 spiro atoms. The number of benzene rings is 13. The van der Waals surface area contributed by atoms with Crippen molar-refractivity contribution in [2.45, 2.75) is 180 Å². The summed E-state index contributed by atoms with van der Waals surface area (Å²) in [5.74, 6) is 0. The molecule has 0 atom stereocenters. The van der Waals surface area contributed by atoms with Crippen molar-refractivity contribution in [3.8, 4) is 89.0 Å². The first kappa shape index (κ1) is 67.6. The third-order valence-electron chi connectivity index (χ3n) is 27.3. The molecule has 20 rings (SSSR count). The van der Waals surface area contributed by atoms with E-state index in [1.165, 1.54) is 227 Å². The Balaban J connectivity index is 0.693. The number of furan rings is 2. The van der Waals surface area contributed by atoms with Crippen molar-refractivity contribution in [1.29, 1.82) is 0 Å². The van der Waals surface area contributed by atoms with E-state index in [4.69, 9.17) is 8.83 Å². The molecule has 0 unspecified atom stereocenters. The molecule has 5 aliphatic carbocycles. The molecule has 538 valence electrons. The highest BCUT2D eigenvalue weighted by Gasteiger charge is 2.50. The Morgan fingerprint density at radius 1 is 0.284 bits per heavy atom. The lowest BCUT2D eigenvalue weighted by molar-refractivity contribution is 0.399. The second-order valence-corrected chi connectivity index (χ2v) is 34.9. The van der Waals surface area contributed by atoms with E-state index in [-0.39, 0.29) is 21.7 Å². The van der Waals surface area contributed by atoms with Crippen LogP contribution in [0.2, 0.25) is 0 Å². The molecule has 3 heteroatoms. The van der Waals surface area contributed by atoms with Gasteiger partial charge in [-0.2, -0.15) is 0 Å². The van der Waals surface area contributed by atoms with Crippen molar-refractivity contribution in [3.05, 3.63) is 304 Å². The second-order valence-electron chi connectivity index (χ2n) is 34.9. The summed E-state index contributed by atoms with van der Waals surface area (Å²) >= 11 is 0. The van der Waals surface area contributed by atoms with E-state index in [9.17, 15) is 0 Å². The zero-order valence-electron chi connectivity index (χ0n) is 65.3. The van der Waals surface area contributed by atoms with Crippen LogP contribution in [-0.2, 0) is 27.1 Å². The van der Waals surface area contributed by atoms with Crippen LogP contribution in [0.25, 0.3) is 133 Å². The van der Waals surface area contributed by atoms with E-state index in [0.29, 0.717) is 0 Å². The number of nitrogens with zero attached hydrogens (tertiary/aromatic N) is 1. The van der Waals surface area contributed by atoms with Crippen molar-refractivity contribution < 1.29 is 8.83 Å². The summed E-state index contributed by atoms with van der Waals surface area (Å²) < 4.78 is 14.2. The first-order chi connectivity index (χ1) is 52.9. The summed E-state index contributed by atoms with van der Waals surface area (Å²) in [5, 5.41) is 4.73. The maximum Gasteiger partial charge on any atom is 0.144 e. The highest BCUT2D eigenvalue weighted by atomic mass is 16.3. The quantitative estimate of drug-likeness (QED) is 0.0802. The van der Waals surface area contributed by atoms with Crippen molar-refractivity contribution in [3.63, 3.8) is 0 Å². The predicted octanol–water partition coefficient (Wildman–Crippen LogP) is 30.5. The van der Waals surface area contributed by atoms with Crippen LogP contribution in [0.3, 0.4) is 0 Å². The molecular formula is C106H97NO2. The van der Waals surface area contributed by atoms with Crippen LogP contribution >= 0.6 is 0 Å². The maximum absolute atomic E-state index is 7.21. The summed E-state index contributed by atoms with van der Waals surface area (Å²) in [4.78, 5) is 2.54. The van der Waals surface area contributed by atoms with E-state index in [0.717, 1.165) is 50.3 Å². The molecule has 109 heavy (non-hydrogen) atoms. The van der Waals surface area contributed by atoms with E-state index < -0.39 is 5.41 Å². The van der Waals surface area contributed by atoms with Crippen LogP contribution in [0.1, 0.15) is 207 Å². The Bertz CT molecular complexity index is 6280. The number of anilines is 3. The molecule has 0 fully saturated rings. The summed E-state index contributed by atoms with van der Waals surface area (Å²) in [6, 6.07) is 93.5. The number of rotatable bonds is 18. The Labute approximate surface area is 643 Å². The fourth-order valence-corrected chi connectivity index (χ4v) is 21.7. The molecule has 0 bridgehead atoms. The van der Waals surface area contributed by atoms with Gasteiger partial charge in [0.1, 0.15) is 22.3 Å². The van der Waals surface area contributed by atoms with Crippen molar-refractivity contribution in [1.82, 2.24) is 0 Å². The molecule has 2 heterocycles. The topological polar surface area (TPSA) is 29.5 Å². The van der Waals surface area contributed by atoms with E-state index in [2.05, 4.69) is 324 Å². The molecule has 0 radical (unpaired) electrons. The molecule has 0 amide bonds. The first-order valence-corrected chi connectivity index (χ1v) is 40.8. The zero-order chi connectivity index (χ0) is 74.2. The highest BCUT2D eigenvalue weighted by Crippen LogP contribution is 2.65. The van der Waals surface area contributed by atoms with Gasteiger partial charge in [0.25, 0.3) is 0 Å². The van der Waals surface area contributed by atoms with E-state index in [1.807, 2.05) is 0 Å². The van der Waals surface area contributed by atoms with Crippen LogP contribution in [0.5, 0.6) is 0 Å². The molecule has 2 aromatic heterocycles. The summed E-state index contributed by atoms with van der Waals surface area (Å²) in [5.41, 5.74) is 41.7. The summed E-state index contributed by atoms with van der Waals surface area (Å²) in [6.07, 6.45) is 15.4. The first-order valence-electron chi connectivity index (χ1n) is 40.8. The summed E-state index contributed by atoms with van der Waals surface area (Å²) in [6.45, 7) is 26.5. The van der Waals surface area contributed by atoms with Gasteiger partial charge in [-0.1, -0.05) is 303 Å². The van der Waals surface area contributed by atoms with Gasteiger partial charge >= 0.3 is 0 Å². The third kappa shape index (κ3) is 9.86. The fraction of sp³-hybridized carbons (Fsp3) is 0.264. The molecule has 0 saturated carbocycles. The maximum atomic E-state index is 7.21. The van der Waals surface area contributed by atoms with Crippen molar-refractivity contribution in [2.75, 3.05) is 4.90 Å². The normalized spacial score (nSPS) is 15.6. The molecule has 15 aromatic rings. The molecule has 0 saturated heterocycles. The van der Waals surface area contributed by atoms with E-state index >= 15 is 0 Å². The SMILES string of the molecule is CCCCCCCC1(CCCCCCC)c2ccccc2-c2ccc(-c3ccc4c(c3)C(C)(C)c3cc(-c5ccc(N(c6ccc7c(c6)C(C)(C)c6cc(-c8ccccc8C)c8oc9ccccc9c8c6-7)c6ccc7c(c6)C(C)(C)c6c8c(c9c(oc%10ccccc%109)c6-7)-c6ccccc6C8(C)C)cc5)ccc3-4)cc21. The van der Waals surface area contributed by atoms with Gasteiger partial charge in [-0.15, -0.1) is 0 Å². The minimum atomic E-state index is -0.397. The highest BCUT2D eigenvalue weighted by molar-refractivity contribution is 6.22. The van der Waals surface area contributed by atoms with Crippen LogP contribution in [0.15, 0.2) is 251 Å². The monoisotopic (exact) mass is 1420 g/mol. The smallest absolute Gasteiger partial charge is 0.144 e. The molecule has 0 aliphatic heterocycles. The number of aryl methyl sites for hydroxylation is 1. The zero-order valence-corrected chi connectivity index (χ0v) is 65.3.